The van der Waals surface area contributed by atoms with E-state index in [9.17, 15) is 5.11 Å². The van der Waals surface area contributed by atoms with Crippen LogP contribution < -0.4 is 5.73 Å². The Kier molecular flexibility index (Phi) is 5.64. The Morgan fingerprint density at radius 1 is 1.15 bits per heavy atom. The molecule has 0 spiro atoms. The standard InChI is InChI=1S/C15H14Br2ClNO/c16-10-3-1-2-9(6-10)13(8-19)15(20)12-5-4-11(18)7-14(12)17/h1-7,13,15,20H,8,19H2. The molecule has 0 aromatic heterocycles. The zero-order chi connectivity index (χ0) is 14.7. The van der Waals surface area contributed by atoms with E-state index in [1.54, 1.807) is 12.1 Å². The second kappa shape index (κ2) is 7.05. The van der Waals surface area contributed by atoms with Crippen molar-refractivity contribution in [2.45, 2.75) is 12.0 Å². The summed E-state index contributed by atoms with van der Waals surface area (Å²) in [5.41, 5.74) is 7.64. The minimum Gasteiger partial charge on any atom is -0.388 e. The summed E-state index contributed by atoms with van der Waals surface area (Å²) in [6.07, 6.45) is -0.694. The van der Waals surface area contributed by atoms with Gasteiger partial charge in [0.1, 0.15) is 0 Å². The molecular formula is C15H14Br2ClNO. The van der Waals surface area contributed by atoms with Crippen LogP contribution in [0.2, 0.25) is 5.02 Å². The van der Waals surface area contributed by atoms with E-state index in [1.807, 2.05) is 30.3 Å². The van der Waals surface area contributed by atoms with E-state index in [1.165, 1.54) is 0 Å². The molecule has 5 heteroatoms. The Morgan fingerprint density at radius 3 is 2.50 bits per heavy atom. The molecular weight excluding hydrogens is 405 g/mol. The number of benzene rings is 2. The quantitative estimate of drug-likeness (QED) is 0.758. The van der Waals surface area contributed by atoms with Crippen molar-refractivity contribution in [3.8, 4) is 0 Å². The zero-order valence-electron chi connectivity index (χ0n) is 10.6. The predicted molar refractivity (Wildman–Crippen MR) is 90.0 cm³/mol. The summed E-state index contributed by atoms with van der Waals surface area (Å²) in [6.45, 7) is 0.354. The van der Waals surface area contributed by atoms with Crippen molar-refractivity contribution < 1.29 is 5.11 Å². The fourth-order valence-corrected chi connectivity index (χ4v) is 3.48. The van der Waals surface area contributed by atoms with Gasteiger partial charge in [0.25, 0.3) is 0 Å². The van der Waals surface area contributed by atoms with E-state index < -0.39 is 6.10 Å². The van der Waals surface area contributed by atoms with Gasteiger partial charge in [0.05, 0.1) is 6.10 Å². The Bertz CT molecular complexity index is 606. The van der Waals surface area contributed by atoms with Gasteiger partial charge in [-0.25, -0.2) is 0 Å². The molecule has 0 heterocycles. The highest BCUT2D eigenvalue weighted by Crippen LogP contribution is 2.35. The lowest BCUT2D eigenvalue weighted by molar-refractivity contribution is 0.146. The molecule has 0 aliphatic rings. The van der Waals surface area contributed by atoms with Gasteiger partial charge < -0.3 is 10.8 Å². The summed E-state index contributed by atoms with van der Waals surface area (Å²) in [6, 6.07) is 13.2. The fourth-order valence-electron chi connectivity index (χ4n) is 2.14. The summed E-state index contributed by atoms with van der Waals surface area (Å²) in [4.78, 5) is 0. The maximum Gasteiger partial charge on any atom is 0.0881 e. The van der Waals surface area contributed by atoms with Gasteiger partial charge >= 0.3 is 0 Å². The van der Waals surface area contributed by atoms with Crippen LogP contribution in [0.5, 0.6) is 0 Å². The average Bonchev–Trinajstić information content (AvgIpc) is 2.39. The molecule has 0 saturated carbocycles. The average molecular weight is 420 g/mol. The van der Waals surface area contributed by atoms with Crippen LogP contribution in [0.4, 0.5) is 0 Å². The number of hydrogen-bond donors (Lipinski definition) is 2. The monoisotopic (exact) mass is 417 g/mol. The summed E-state index contributed by atoms with van der Waals surface area (Å²) in [7, 11) is 0. The van der Waals surface area contributed by atoms with Crippen LogP contribution in [0.1, 0.15) is 23.1 Å². The number of nitrogens with two attached hydrogens (primary N) is 1. The molecule has 0 aliphatic carbocycles. The van der Waals surface area contributed by atoms with Gasteiger partial charge in [-0.2, -0.15) is 0 Å². The Morgan fingerprint density at radius 2 is 1.90 bits per heavy atom. The van der Waals surface area contributed by atoms with Crippen molar-refractivity contribution in [3.63, 3.8) is 0 Å². The van der Waals surface area contributed by atoms with E-state index >= 15 is 0 Å². The van der Waals surface area contributed by atoms with Gasteiger partial charge in [-0.3, -0.25) is 0 Å². The second-order valence-corrected chi connectivity index (χ2v) is 6.71. The molecule has 106 valence electrons. The molecule has 0 bridgehead atoms. The lowest BCUT2D eigenvalue weighted by Crippen LogP contribution is -2.20. The third-order valence-electron chi connectivity index (χ3n) is 3.19. The lowest BCUT2D eigenvalue weighted by Gasteiger charge is -2.23. The lowest BCUT2D eigenvalue weighted by atomic mass is 9.89. The first-order valence-electron chi connectivity index (χ1n) is 6.11. The number of hydrogen-bond acceptors (Lipinski definition) is 2. The van der Waals surface area contributed by atoms with Crippen molar-refractivity contribution in [1.29, 1.82) is 0 Å². The van der Waals surface area contributed by atoms with E-state index in [0.29, 0.717) is 11.6 Å². The molecule has 0 fully saturated rings. The van der Waals surface area contributed by atoms with Crippen molar-refractivity contribution >= 4 is 43.5 Å². The third-order valence-corrected chi connectivity index (χ3v) is 4.61. The van der Waals surface area contributed by atoms with Crippen LogP contribution in [0.3, 0.4) is 0 Å². The molecule has 0 radical (unpaired) electrons. The SMILES string of the molecule is NCC(c1cccc(Br)c1)C(O)c1ccc(Cl)cc1Br. The van der Waals surface area contributed by atoms with Crippen LogP contribution in [0.15, 0.2) is 51.4 Å². The minimum atomic E-state index is -0.694. The number of halogens is 3. The number of aliphatic hydroxyl groups excluding tert-OH is 1. The van der Waals surface area contributed by atoms with Crippen molar-refractivity contribution in [1.82, 2.24) is 0 Å². The van der Waals surface area contributed by atoms with Crippen molar-refractivity contribution in [2.75, 3.05) is 6.54 Å². The van der Waals surface area contributed by atoms with Crippen LogP contribution >= 0.6 is 43.5 Å². The maximum atomic E-state index is 10.6. The van der Waals surface area contributed by atoms with Crippen LogP contribution in [0, 0.1) is 0 Å². The van der Waals surface area contributed by atoms with E-state index in [4.69, 9.17) is 17.3 Å². The van der Waals surface area contributed by atoms with Gasteiger partial charge in [-0.1, -0.05) is 61.7 Å². The van der Waals surface area contributed by atoms with Crippen molar-refractivity contribution in [3.05, 3.63) is 67.6 Å². The summed E-state index contributed by atoms with van der Waals surface area (Å²) < 4.78 is 1.75. The molecule has 3 N–H and O–H groups in total. The third kappa shape index (κ3) is 3.62. The fraction of sp³-hybridized carbons (Fsp3) is 0.200. The summed E-state index contributed by atoms with van der Waals surface area (Å²) in [5, 5.41) is 11.3. The normalized spacial score (nSPS) is 14.1. The highest BCUT2D eigenvalue weighted by atomic mass is 79.9. The molecule has 0 saturated heterocycles. The van der Waals surface area contributed by atoms with Crippen LogP contribution in [-0.4, -0.2) is 11.7 Å². The molecule has 2 nitrogen and oxygen atoms in total. The smallest absolute Gasteiger partial charge is 0.0881 e. The molecule has 2 aromatic rings. The van der Waals surface area contributed by atoms with Gasteiger partial charge in [-0.05, 0) is 35.4 Å². The first kappa shape index (κ1) is 16.0. The van der Waals surface area contributed by atoms with E-state index in [-0.39, 0.29) is 5.92 Å². The van der Waals surface area contributed by atoms with Gasteiger partial charge in [-0.15, -0.1) is 0 Å². The van der Waals surface area contributed by atoms with Gasteiger partial charge in [0, 0.05) is 26.4 Å². The van der Waals surface area contributed by atoms with Crippen molar-refractivity contribution in [2.24, 2.45) is 5.73 Å². The summed E-state index contributed by atoms with van der Waals surface area (Å²) in [5.74, 6) is -0.176. The molecule has 20 heavy (non-hydrogen) atoms. The summed E-state index contributed by atoms with van der Waals surface area (Å²) >= 11 is 12.8. The highest BCUT2D eigenvalue weighted by molar-refractivity contribution is 9.10. The number of aliphatic hydroxyl groups is 1. The highest BCUT2D eigenvalue weighted by Gasteiger charge is 2.23. The number of rotatable bonds is 4. The minimum absolute atomic E-state index is 0.176. The topological polar surface area (TPSA) is 46.2 Å². The van der Waals surface area contributed by atoms with Gasteiger partial charge in [0.15, 0.2) is 0 Å². The first-order chi connectivity index (χ1) is 9.52. The zero-order valence-corrected chi connectivity index (χ0v) is 14.5. The molecule has 0 aliphatic heterocycles. The van der Waals surface area contributed by atoms with Crippen LogP contribution in [-0.2, 0) is 0 Å². The molecule has 2 rings (SSSR count). The van der Waals surface area contributed by atoms with E-state index in [2.05, 4.69) is 31.9 Å². The molecule has 2 atom stereocenters. The Hall–Kier alpha value is -0.390. The maximum absolute atomic E-state index is 10.6. The van der Waals surface area contributed by atoms with Gasteiger partial charge in [0.2, 0.25) is 0 Å². The first-order valence-corrected chi connectivity index (χ1v) is 8.08. The predicted octanol–water partition coefficient (Wildman–Crippen LogP) is 4.64. The Labute approximate surface area is 140 Å². The van der Waals surface area contributed by atoms with E-state index in [0.717, 1.165) is 20.1 Å². The largest absolute Gasteiger partial charge is 0.388 e. The molecule has 2 aromatic carbocycles. The second-order valence-electron chi connectivity index (χ2n) is 4.51. The van der Waals surface area contributed by atoms with Crippen LogP contribution in [0.25, 0.3) is 0 Å². The molecule has 0 amide bonds. The Balaban J connectivity index is 2.36. The molecule has 2 unspecified atom stereocenters.